The molecule has 3 aromatic rings. The predicted octanol–water partition coefficient (Wildman–Crippen LogP) is 3.33. The van der Waals surface area contributed by atoms with Crippen LogP contribution in [0.1, 0.15) is 5.56 Å². The number of anilines is 1. The molecule has 0 saturated heterocycles. The lowest BCUT2D eigenvalue weighted by molar-refractivity contribution is -0.694. The average molecular weight is 451 g/mol. The monoisotopic (exact) mass is 451 g/mol. The third kappa shape index (κ3) is 4.15. The third-order valence-corrected chi connectivity index (χ3v) is 4.99. The second-order valence-electron chi connectivity index (χ2n) is 5.14. The summed E-state index contributed by atoms with van der Waals surface area (Å²) in [5.41, 5.74) is 2.88. The molecule has 0 aliphatic heterocycles. The van der Waals surface area contributed by atoms with E-state index in [-0.39, 0.29) is 5.91 Å². The molecule has 0 aliphatic rings. The Morgan fingerprint density at radius 1 is 1.29 bits per heavy atom. The molecule has 2 N–H and O–H groups in total. The van der Waals surface area contributed by atoms with Gasteiger partial charge in [-0.2, -0.15) is 5.10 Å². The molecule has 24 heavy (non-hydrogen) atoms. The second kappa shape index (κ2) is 7.80. The Kier molecular flexibility index (Phi) is 5.52. The van der Waals surface area contributed by atoms with E-state index in [0.717, 1.165) is 25.7 Å². The topological polar surface area (TPSA) is 61.7 Å². The minimum absolute atomic E-state index is 0.0491. The third-order valence-electron chi connectivity index (χ3n) is 3.36. The molecule has 1 aromatic heterocycles. The van der Waals surface area contributed by atoms with E-state index in [1.165, 1.54) is 11.8 Å². The van der Waals surface area contributed by atoms with Gasteiger partial charge in [0.05, 0.1) is 5.75 Å². The zero-order valence-corrected chi connectivity index (χ0v) is 16.0. The fourth-order valence-corrected chi connectivity index (χ4v) is 3.60. The van der Waals surface area contributed by atoms with Crippen LogP contribution in [0.5, 0.6) is 0 Å². The standard InChI is InChI=1S/C17H15IN4OS/c1-12-9-13(18)7-8-15(12)21-16(23)10-24-17-19-11-20-22(17)14-5-3-2-4-6-14/h2-9,11H,10H2,1H3,(H,21,23)/p+1. The number of carbonyl (C=O) groups excluding carboxylic acids is 1. The van der Waals surface area contributed by atoms with E-state index in [9.17, 15) is 4.79 Å². The van der Waals surface area contributed by atoms with Crippen molar-refractivity contribution in [2.75, 3.05) is 11.1 Å². The zero-order chi connectivity index (χ0) is 16.9. The molecule has 0 bridgehead atoms. The first-order chi connectivity index (χ1) is 11.6. The maximum atomic E-state index is 12.2. The Morgan fingerprint density at radius 3 is 2.83 bits per heavy atom. The van der Waals surface area contributed by atoms with Gasteiger partial charge in [-0.25, -0.2) is 0 Å². The van der Waals surface area contributed by atoms with Crippen LogP contribution in [0.3, 0.4) is 0 Å². The molecule has 0 unspecified atom stereocenters. The molecule has 7 heteroatoms. The number of rotatable bonds is 5. The Bertz CT molecular complexity index is 851. The quantitative estimate of drug-likeness (QED) is 0.356. The van der Waals surface area contributed by atoms with Crippen molar-refractivity contribution in [1.82, 2.24) is 10.1 Å². The molecule has 0 fully saturated rings. The summed E-state index contributed by atoms with van der Waals surface area (Å²) < 4.78 is 3.01. The highest BCUT2D eigenvalue weighted by Gasteiger charge is 2.18. The van der Waals surface area contributed by atoms with Crippen LogP contribution in [-0.4, -0.2) is 21.7 Å². The minimum atomic E-state index is -0.0491. The normalized spacial score (nSPS) is 10.6. The van der Waals surface area contributed by atoms with Crippen LogP contribution in [0, 0.1) is 10.5 Å². The average Bonchev–Trinajstić information content (AvgIpc) is 3.05. The van der Waals surface area contributed by atoms with Crippen LogP contribution in [0.15, 0.2) is 60.0 Å². The van der Waals surface area contributed by atoms with Gasteiger partial charge in [-0.3, -0.25) is 4.79 Å². The maximum Gasteiger partial charge on any atom is 0.385 e. The molecular weight excluding hydrogens is 435 g/mol. The first-order valence-corrected chi connectivity index (χ1v) is 9.39. The van der Waals surface area contributed by atoms with Gasteiger partial charge in [0, 0.05) is 9.26 Å². The van der Waals surface area contributed by atoms with Gasteiger partial charge in [0.15, 0.2) is 5.69 Å². The van der Waals surface area contributed by atoms with Crippen molar-refractivity contribution in [3.63, 3.8) is 0 Å². The zero-order valence-electron chi connectivity index (χ0n) is 13.0. The Labute approximate surface area is 158 Å². The molecule has 0 saturated carbocycles. The summed E-state index contributed by atoms with van der Waals surface area (Å²) in [5.74, 6) is 0.246. The Balaban J connectivity index is 1.64. The number of carbonyl (C=O) groups is 1. The van der Waals surface area contributed by atoms with Gasteiger partial charge in [0.2, 0.25) is 12.2 Å². The van der Waals surface area contributed by atoms with Crippen molar-refractivity contribution < 1.29 is 9.48 Å². The molecular formula is C17H16IN4OS+. The number of para-hydroxylation sites is 1. The summed E-state index contributed by atoms with van der Waals surface area (Å²) in [4.78, 5) is 16.5. The number of benzene rings is 2. The second-order valence-corrected chi connectivity index (χ2v) is 7.33. The summed E-state index contributed by atoms with van der Waals surface area (Å²) in [5, 5.41) is 6.76. The van der Waals surface area contributed by atoms with E-state index < -0.39 is 0 Å². The molecule has 0 atom stereocenters. The maximum absolute atomic E-state index is 12.2. The van der Waals surface area contributed by atoms with Crippen LogP contribution in [0.4, 0.5) is 5.69 Å². The molecule has 1 heterocycles. The van der Waals surface area contributed by atoms with Crippen LogP contribution in [-0.2, 0) is 4.79 Å². The van der Waals surface area contributed by atoms with Gasteiger partial charge >= 0.3 is 5.16 Å². The van der Waals surface area contributed by atoms with E-state index in [4.69, 9.17) is 0 Å². The van der Waals surface area contributed by atoms with E-state index in [1.54, 1.807) is 6.33 Å². The van der Waals surface area contributed by atoms with Crippen LogP contribution in [0.25, 0.3) is 5.69 Å². The highest BCUT2D eigenvalue weighted by Crippen LogP contribution is 2.19. The van der Waals surface area contributed by atoms with Gasteiger partial charge in [-0.05, 0) is 82.2 Å². The van der Waals surface area contributed by atoms with Crippen molar-refractivity contribution in [3.8, 4) is 5.69 Å². The van der Waals surface area contributed by atoms with Gasteiger partial charge < -0.3 is 5.32 Å². The fourth-order valence-electron chi connectivity index (χ4n) is 2.20. The van der Waals surface area contributed by atoms with Crippen LogP contribution >= 0.6 is 34.4 Å². The summed E-state index contributed by atoms with van der Waals surface area (Å²) in [7, 11) is 0. The first-order valence-electron chi connectivity index (χ1n) is 7.33. The molecule has 122 valence electrons. The number of hydrogen-bond acceptors (Lipinski definition) is 3. The smallest absolute Gasteiger partial charge is 0.325 e. The first kappa shape index (κ1) is 17.0. The SMILES string of the molecule is Cc1cc(I)ccc1NC(=O)CSc1nc[nH][n+]1-c1ccccc1. The van der Waals surface area contributed by atoms with Crippen molar-refractivity contribution in [2.45, 2.75) is 12.1 Å². The fraction of sp³-hybridized carbons (Fsp3) is 0.118. The number of thioether (sulfide) groups is 1. The molecule has 5 nitrogen and oxygen atoms in total. The van der Waals surface area contributed by atoms with E-state index >= 15 is 0 Å². The molecule has 0 radical (unpaired) electrons. The number of H-pyrrole nitrogens is 1. The summed E-state index contributed by atoms with van der Waals surface area (Å²) in [6.07, 6.45) is 1.62. The van der Waals surface area contributed by atoms with Crippen LogP contribution in [0.2, 0.25) is 0 Å². The molecule has 1 amide bonds. The van der Waals surface area contributed by atoms with E-state index in [2.05, 4.69) is 38.0 Å². The van der Waals surface area contributed by atoms with Gasteiger partial charge in [0.25, 0.3) is 0 Å². The van der Waals surface area contributed by atoms with Crippen LogP contribution < -0.4 is 10.00 Å². The molecule has 2 aromatic carbocycles. The highest BCUT2D eigenvalue weighted by atomic mass is 127. The van der Waals surface area contributed by atoms with Gasteiger partial charge in [-0.1, -0.05) is 18.2 Å². The van der Waals surface area contributed by atoms with Gasteiger partial charge in [-0.15, -0.1) is 4.68 Å². The number of aryl methyl sites for hydroxylation is 1. The van der Waals surface area contributed by atoms with Crippen molar-refractivity contribution >= 4 is 45.9 Å². The lowest BCUT2D eigenvalue weighted by Gasteiger charge is -2.07. The van der Waals surface area contributed by atoms with E-state index in [0.29, 0.717) is 5.75 Å². The van der Waals surface area contributed by atoms with Crippen molar-refractivity contribution in [1.29, 1.82) is 0 Å². The number of aromatic amines is 1. The van der Waals surface area contributed by atoms with Crippen molar-refractivity contribution in [2.24, 2.45) is 0 Å². The lowest BCUT2D eigenvalue weighted by Crippen LogP contribution is -2.35. The summed E-state index contributed by atoms with van der Waals surface area (Å²) in [6, 6.07) is 15.8. The number of amides is 1. The molecule has 0 aliphatic carbocycles. The molecule has 3 rings (SSSR count). The highest BCUT2D eigenvalue weighted by molar-refractivity contribution is 14.1. The number of nitrogens with zero attached hydrogens (tertiary/aromatic N) is 2. The number of hydrogen-bond donors (Lipinski definition) is 2. The Hall–Kier alpha value is -1.87. The minimum Gasteiger partial charge on any atom is -0.325 e. The largest absolute Gasteiger partial charge is 0.385 e. The Morgan fingerprint density at radius 2 is 2.08 bits per heavy atom. The lowest BCUT2D eigenvalue weighted by atomic mass is 10.2. The summed E-state index contributed by atoms with van der Waals surface area (Å²) >= 11 is 3.65. The molecule has 0 spiro atoms. The van der Waals surface area contributed by atoms with Gasteiger partial charge in [0.1, 0.15) is 0 Å². The predicted molar refractivity (Wildman–Crippen MR) is 103 cm³/mol. The van der Waals surface area contributed by atoms with Crippen molar-refractivity contribution in [3.05, 3.63) is 64.0 Å². The number of nitrogens with one attached hydrogen (secondary N) is 2. The number of halogens is 1. The number of aromatic nitrogens is 3. The summed E-state index contributed by atoms with van der Waals surface area (Å²) in [6.45, 7) is 1.99. The van der Waals surface area contributed by atoms with E-state index in [1.807, 2.05) is 60.1 Å².